The normalized spacial score (nSPS) is 12.2. The summed E-state index contributed by atoms with van der Waals surface area (Å²) < 4.78 is 5.01. The molecule has 1 unspecified atom stereocenters. The van der Waals surface area contributed by atoms with Crippen molar-refractivity contribution in [2.24, 2.45) is 0 Å². The molecule has 0 saturated heterocycles. The van der Waals surface area contributed by atoms with E-state index < -0.39 is 0 Å². The van der Waals surface area contributed by atoms with Gasteiger partial charge in [0.2, 0.25) is 0 Å². The minimum Gasteiger partial charge on any atom is -0.468 e. The maximum absolute atomic E-state index is 12.2. The first-order chi connectivity index (χ1) is 11.6. The van der Waals surface area contributed by atoms with Gasteiger partial charge in [-0.25, -0.2) is 0 Å². The van der Waals surface area contributed by atoms with Crippen molar-refractivity contribution in [2.75, 3.05) is 12.4 Å². The summed E-state index contributed by atoms with van der Waals surface area (Å²) in [5.74, 6) is -0.214. The number of esters is 1. The zero-order valence-corrected chi connectivity index (χ0v) is 16.0. The van der Waals surface area contributed by atoms with Gasteiger partial charge in [0.15, 0.2) is 0 Å². The monoisotopic (exact) mass is 389 g/mol. The Hall–Kier alpha value is -1.65. The van der Waals surface area contributed by atoms with E-state index >= 15 is 0 Å². The molecule has 0 N–H and O–H groups in total. The summed E-state index contributed by atoms with van der Waals surface area (Å²) in [5.41, 5.74) is 4.93. The number of methoxy groups -OCH3 is 1. The van der Waals surface area contributed by atoms with Crippen LogP contribution >= 0.6 is 15.9 Å². The number of halogens is 1. The van der Waals surface area contributed by atoms with Crippen LogP contribution in [0.2, 0.25) is 0 Å². The van der Waals surface area contributed by atoms with Gasteiger partial charge in [0, 0.05) is 18.4 Å². The number of carbonyl (C=O) groups excluding carboxylic acids is 1. The Morgan fingerprint density at radius 3 is 2.21 bits per heavy atom. The highest BCUT2D eigenvalue weighted by molar-refractivity contribution is 9.09. The SMILES string of the molecule is COC(=O)C(CBr)N(Cc1ccccc1)Cc1c(C)cccc1C. The molecule has 4 heteroatoms. The van der Waals surface area contributed by atoms with Crippen molar-refractivity contribution in [3.63, 3.8) is 0 Å². The van der Waals surface area contributed by atoms with E-state index in [1.54, 1.807) is 0 Å². The molecule has 0 aliphatic rings. The van der Waals surface area contributed by atoms with Gasteiger partial charge in [-0.2, -0.15) is 0 Å². The van der Waals surface area contributed by atoms with Gasteiger partial charge in [-0.1, -0.05) is 64.5 Å². The minimum atomic E-state index is -0.325. The molecule has 2 rings (SSSR count). The number of alkyl halides is 1. The third-order valence-electron chi connectivity index (χ3n) is 4.29. The number of hydrogen-bond donors (Lipinski definition) is 0. The molecule has 0 spiro atoms. The lowest BCUT2D eigenvalue weighted by molar-refractivity contribution is -0.146. The van der Waals surface area contributed by atoms with Crippen molar-refractivity contribution < 1.29 is 9.53 Å². The molecule has 3 nitrogen and oxygen atoms in total. The molecule has 2 aromatic carbocycles. The van der Waals surface area contributed by atoms with Crippen LogP contribution in [0.3, 0.4) is 0 Å². The van der Waals surface area contributed by atoms with E-state index in [4.69, 9.17) is 4.74 Å². The molecule has 0 saturated carbocycles. The highest BCUT2D eigenvalue weighted by atomic mass is 79.9. The van der Waals surface area contributed by atoms with E-state index in [1.807, 2.05) is 18.2 Å². The summed E-state index contributed by atoms with van der Waals surface area (Å²) >= 11 is 3.48. The Labute approximate surface area is 152 Å². The number of ether oxygens (including phenoxy) is 1. The van der Waals surface area contributed by atoms with E-state index in [2.05, 4.69) is 65.0 Å². The van der Waals surface area contributed by atoms with Crippen molar-refractivity contribution in [1.29, 1.82) is 0 Å². The molecule has 1 atom stereocenters. The Balaban J connectivity index is 2.33. The standard InChI is InChI=1S/C20H24BrNO2/c1-15-8-7-9-16(2)18(15)14-22(19(12-21)20(23)24-3)13-17-10-5-4-6-11-17/h4-11,19H,12-14H2,1-3H3. The third-order valence-corrected chi connectivity index (χ3v) is 4.91. The zero-order valence-electron chi connectivity index (χ0n) is 14.5. The number of carbonyl (C=O) groups is 1. The van der Waals surface area contributed by atoms with E-state index in [9.17, 15) is 4.79 Å². The lowest BCUT2D eigenvalue weighted by atomic mass is 10.0. The molecule has 0 fully saturated rings. The topological polar surface area (TPSA) is 29.5 Å². The largest absolute Gasteiger partial charge is 0.468 e. The predicted octanol–water partition coefficient (Wildman–Crippen LogP) is 4.24. The second-order valence-electron chi connectivity index (χ2n) is 5.95. The molecule has 128 valence electrons. The molecule has 24 heavy (non-hydrogen) atoms. The quantitative estimate of drug-likeness (QED) is 0.523. The molecular formula is C20H24BrNO2. The van der Waals surface area contributed by atoms with Crippen molar-refractivity contribution in [3.8, 4) is 0 Å². The predicted molar refractivity (Wildman–Crippen MR) is 101 cm³/mol. The number of benzene rings is 2. The lowest BCUT2D eigenvalue weighted by Crippen LogP contribution is -2.42. The second kappa shape index (κ2) is 9.00. The number of hydrogen-bond acceptors (Lipinski definition) is 3. The van der Waals surface area contributed by atoms with Gasteiger partial charge in [-0.05, 0) is 36.1 Å². The van der Waals surface area contributed by atoms with E-state index in [-0.39, 0.29) is 12.0 Å². The summed E-state index contributed by atoms with van der Waals surface area (Å²) in [6, 6.07) is 16.2. The fourth-order valence-corrected chi connectivity index (χ4v) is 3.52. The van der Waals surface area contributed by atoms with Crippen LogP contribution in [0.5, 0.6) is 0 Å². The number of aryl methyl sites for hydroxylation is 2. The van der Waals surface area contributed by atoms with Crippen LogP contribution in [0.15, 0.2) is 48.5 Å². The van der Waals surface area contributed by atoms with E-state index in [0.717, 1.165) is 0 Å². The fraction of sp³-hybridized carbons (Fsp3) is 0.350. The Bertz CT molecular complexity index is 652. The van der Waals surface area contributed by atoms with Crippen molar-refractivity contribution >= 4 is 21.9 Å². The highest BCUT2D eigenvalue weighted by Gasteiger charge is 2.26. The summed E-state index contributed by atoms with van der Waals surface area (Å²) in [6.45, 7) is 5.63. The van der Waals surface area contributed by atoms with Crippen LogP contribution in [-0.4, -0.2) is 29.4 Å². The maximum Gasteiger partial charge on any atom is 0.323 e. The van der Waals surface area contributed by atoms with Crippen LogP contribution in [0.1, 0.15) is 22.3 Å². The summed E-state index contributed by atoms with van der Waals surface area (Å²) in [6.07, 6.45) is 0. The first-order valence-corrected chi connectivity index (χ1v) is 9.15. The van der Waals surface area contributed by atoms with Gasteiger partial charge < -0.3 is 4.74 Å². The first-order valence-electron chi connectivity index (χ1n) is 8.03. The lowest BCUT2D eigenvalue weighted by Gasteiger charge is -2.30. The molecule has 0 amide bonds. The van der Waals surface area contributed by atoms with Crippen LogP contribution < -0.4 is 0 Å². The molecule has 0 aliphatic carbocycles. The molecular weight excluding hydrogens is 366 g/mol. The summed E-state index contributed by atoms with van der Waals surface area (Å²) in [4.78, 5) is 14.4. The molecule has 0 heterocycles. The number of rotatable bonds is 7. The average molecular weight is 390 g/mol. The van der Waals surface area contributed by atoms with E-state index in [0.29, 0.717) is 18.4 Å². The average Bonchev–Trinajstić information content (AvgIpc) is 2.59. The summed E-state index contributed by atoms with van der Waals surface area (Å²) in [5, 5.41) is 0.539. The maximum atomic E-state index is 12.2. The van der Waals surface area contributed by atoms with Gasteiger partial charge in [0.25, 0.3) is 0 Å². The zero-order chi connectivity index (χ0) is 17.5. The van der Waals surface area contributed by atoms with Crippen molar-refractivity contribution in [1.82, 2.24) is 4.90 Å². The van der Waals surface area contributed by atoms with Crippen LogP contribution in [0, 0.1) is 13.8 Å². The van der Waals surface area contributed by atoms with Gasteiger partial charge in [0.1, 0.15) is 6.04 Å². The van der Waals surface area contributed by atoms with Crippen LogP contribution in [0.4, 0.5) is 0 Å². The Kier molecular flexibility index (Phi) is 7.00. The first kappa shape index (κ1) is 18.7. The molecule has 0 aromatic heterocycles. The highest BCUT2D eigenvalue weighted by Crippen LogP contribution is 2.20. The fourth-order valence-electron chi connectivity index (χ4n) is 2.84. The number of nitrogens with zero attached hydrogens (tertiary/aromatic N) is 1. The second-order valence-corrected chi connectivity index (χ2v) is 6.60. The van der Waals surface area contributed by atoms with Gasteiger partial charge in [0.05, 0.1) is 7.11 Å². The van der Waals surface area contributed by atoms with Crippen LogP contribution in [0.25, 0.3) is 0 Å². The van der Waals surface area contributed by atoms with Crippen LogP contribution in [-0.2, 0) is 22.6 Å². The van der Waals surface area contributed by atoms with Crippen molar-refractivity contribution in [2.45, 2.75) is 33.0 Å². The summed E-state index contributed by atoms with van der Waals surface area (Å²) in [7, 11) is 1.44. The minimum absolute atomic E-state index is 0.214. The van der Waals surface area contributed by atoms with Crippen molar-refractivity contribution in [3.05, 3.63) is 70.8 Å². The molecule has 2 aromatic rings. The van der Waals surface area contributed by atoms with Gasteiger partial charge in [-0.15, -0.1) is 0 Å². The smallest absolute Gasteiger partial charge is 0.323 e. The van der Waals surface area contributed by atoms with Gasteiger partial charge >= 0.3 is 5.97 Å². The Morgan fingerprint density at radius 1 is 1.04 bits per heavy atom. The Morgan fingerprint density at radius 2 is 1.67 bits per heavy atom. The third kappa shape index (κ3) is 4.68. The van der Waals surface area contributed by atoms with Gasteiger partial charge in [-0.3, -0.25) is 9.69 Å². The molecule has 0 aliphatic heterocycles. The van der Waals surface area contributed by atoms with E-state index in [1.165, 1.54) is 29.4 Å². The molecule has 0 radical (unpaired) electrons. The molecule has 0 bridgehead atoms.